The summed E-state index contributed by atoms with van der Waals surface area (Å²) in [6.07, 6.45) is 2.57. The van der Waals surface area contributed by atoms with Crippen LogP contribution < -0.4 is 16.6 Å². The van der Waals surface area contributed by atoms with Gasteiger partial charge in [-0.3, -0.25) is 18.7 Å². The minimum Gasteiger partial charge on any atom is -0.324 e. The minimum atomic E-state index is -1.13. The Labute approximate surface area is 183 Å². The molecule has 0 bridgehead atoms. The van der Waals surface area contributed by atoms with Crippen molar-refractivity contribution < 1.29 is 13.6 Å². The smallest absolute Gasteiger partial charge is 0.324 e. The van der Waals surface area contributed by atoms with Gasteiger partial charge in [-0.1, -0.05) is 29.8 Å². The van der Waals surface area contributed by atoms with Crippen molar-refractivity contribution in [3.63, 3.8) is 0 Å². The molecule has 2 aromatic heterocycles. The quantitative estimate of drug-likeness (QED) is 0.496. The Morgan fingerprint density at radius 2 is 1.75 bits per heavy atom. The summed E-state index contributed by atoms with van der Waals surface area (Å²) in [6.45, 7) is -0.690. The molecule has 2 heterocycles. The van der Waals surface area contributed by atoms with E-state index in [1.807, 2.05) is 0 Å². The molecule has 11 heteroatoms. The van der Waals surface area contributed by atoms with E-state index in [2.05, 4.69) is 15.3 Å². The van der Waals surface area contributed by atoms with Gasteiger partial charge in [0.15, 0.2) is 22.8 Å². The molecular weight excluding hydrogens is 444 g/mol. The van der Waals surface area contributed by atoms with Crippen molar-refractivity contribution in [1.29, 1.82) is 0 Å². The molecule has 4 aromatic rings. The van der Waals surface area contributed by atoms with Crippen molar-refractivity contribution in [2.24, 2.45) is 0 Å². The van der Waals surface area contributed by atoms with E-state index in [4.69, 9.17) is 11.6 Å². The van der Waals surface area contributed by atoms with Crippen molar-refractivity contribution in [3.8, 4) is 0 Å². The molecule has 0 aliphatic rings. The first kappa shape index (κ1) is 21.3. The lowest BCUT2D eigenvalue weighted by atomic mass is 10.2. The highest BCUT2D eigenvalue weighted by atomic mass is 35.5. The molecule has 2 aromatic carbocycles. The van der Waals surface area contributed by atoms with Crippen LogP contribution in [-0.4, -0.2) is 25.0 Å². The second-order valence-electron chi connectivity index (χ2n) is 6.76. The number of benzene rings is 2. The second-order valence-corrected chi connectivity index (χ2v) is 7.16. The fourth-order valence-electron chi connectivity index (χ4n) is 3.13. The van der Waals surface area contributed by atoms with Crippen LogP contribution in [0.15, 0.2) is 64.4 Å². The van der Waals surface area contributed by atoms with E-state index >= 15 is 0 Å². The van der Waals surface area contributed by atoms with E-state index in [0.717, 1.165) is 21.3 Å². The van der Waals surface area contributed by atoms with Gasteiger partial charge in [0.05, 0.1) is 6.54 Å². The SMILES string of the molecule is O=C(Cn1c(=O)n(Cc2ccccc2Cl)c(=O)c2nccnc21)Nc1ccc(F)c(F)c1. The number of halogens is 3. The molecule has 0 unspecified atom stereocenters. The zero-order chi connectivity index (χ0) is 22.8. The fraction of sp³-hybridized carbons (Fsp3) is 0.0952. The maximum Gasteiger partial charge on any atom is 0.333 e. The predicted molar refractivity (Wildman–Crippen MR) is 114 cm³/mol. The molecule has 0 radical (unpaired) electrons. The van der Waals surface area contributed by atoms with Gasteiger partial charge in [0.1, 0.15) is 6.54 Å². The lowest BCUT2D eigenvalue weighted by Crippen LogP contribution is -2.42. The predicted octanol–water partition coefficient (Wildman–Crippen LogP) is 2.57. The van der Waals surface area contributed by atoms with Gasteiger partial charge in [-0.25, -0.2) is 23.5 Å². The van der Waals surface area contributed by atoms with Crippen LogP contribution in [0.1, 0.15) is 5.56 Å². The Balaban J connectivity index is 1.75. The third-order valence-electron chi connectivity index (χ3n) is 4.64. The number of anilines is 1. The summed E-state index contributed by atoms with van der Waals surface area (Å²) < 4.78 is 28.4. The molecule has 0 saturated carbocycles. The molecule has 0 spiro atoms. The van der Waals surface area contributed by atoms with Crippen LogP contribution in [0.25, 0.3) is 11.2 Å². The second kappa shape index (κ2) is 8.67. The number of nitrogens with zero attached hydrogens (tertiary/aromatic N) is 4. The number of fused-ring (bicyclic) bond motifs is 1. The summed E-state index contributed by atoms with van der Waals surface area (Å²) in [5, 5.41) is 2.74. The molecule has 32 heavy (non-hydrogen) atoms. The number of aromatic nitrogens is 4. The largest absolute Gasteiger partial charge is 0.333 e. The summed E-state index contributed by atoms with van der Waals surface area (Å²) in [4.78, 5) is 46.6. The summed E-state index contributed by atoms with van der Waals surface area (Å²) in [7, 11) is 0. The molecule has 0 aliphatic carbocycles. The van der Waals surface area contributed by atoms with E-state index in [0.29, 0.717) is 10.6 Å². The molecule has 0 saturated heterocycles. The average Bonchev–Trinajstić information content (AvgIpc) is 2.78. The van der Waals surface area contributed by atoms with Gasteiger partial charge in [-0.05, 0) is 23.8 Å². The molecule has 1 N–H and O–H groups in total. The Hall–Kier alpha value is -3.92. The van der Waals surface area contributed by atoms with Crippen LogP contribution in [0, 0.1) is 11.6 Å². The normalized spacial score (nSPS) is 11.0. The van der Waals surface area contributed by atoms with Crippen molar-refractivity contribution in [2.45, 2.75) is 13.1 Å². The monoisotopic (exact) mass is 457 g/mol. The number of hydrogen-bond donors (Lipinski definition) is 1. The van der Waals surface area contributed by atoms with E-state index in [9.17, 15) is 23.2 Å². The van der Waals surface area contributed by atoms with Crippen LogP contribution in [0.4, 0.5) is 14.5 Å². The third kappa shape index (κ3) is 4.12. The number of rotatable bonds is 5. The lowest BCUT2D eigenvalue weighted by molar-refractivity contribution is -0.116. The number of carbonyl (C=O) groups is 1. The van der Waals surface area contributed by atoms with Gasteiger partial charge in [0, 0.05) is 29.2 Å². The van der Waals surface area contributed by atoms with Crippen molar-refractivity contribution in [2.75, 3.05) is 5.32 Å². The zero-order valence-electron chi connectivity index (χ0n) is 16.3. The molecule has 0 aliphatic heterocycles. The minimum absolute atomic E-state index is 0.00160. The third-order valence-corrected chi connectivity index (χ3v) is 5.00. The van der Waals surface area contributed by atoms with Crippen LogP contribution in [0.2, 0.25) is 5.02 Å². The molecular formula is C21H14ClF2N5O3. The number of carbonyl (C=O) groups excluding carboxylic acids is 1. The highest BCUT2D eigenvalue weighted by Gasteiger charge is 2.18. The number of amides is 1. The van der Waals surface area contributed by atoms with E-state index < -0.39 is 35.3 Å². The number of hydrogen-bond acceptors (Lipinski definition) is 5. The highest BCUT2D eigenvalue weighted by Crippen LogP contribution is 2.16. The maximum absolute atomic E-state index is 13.4. The Morgan fingerprint density at radius 1 is 1.00 bits per heavy atom. The molecule has 8 nitrogen and oxygen atoms in total. The summed E-state index contributed by atoms with van der Waals surface area (Å²) in [6, 6.07) is 9.55. The highest BCUT2D eigenvalue weighted by molar-refractivity contribution is 6.31. The lowest BCUT2D eigenvalue weighted by Gasteiger charge is -2.13. The Bertz CT molecular complexity index is 1470. The number of nitrogens with one attached hydrogen (secondary N) is 1. The van der Waals surface area contributed by atoms with E-state index in [1.54, 1.807) is 24.3 Å². The first-order valence-electron chi connectivity index (χ1n) is 9.28. The molecule has 0 atom stereocenters. The van der Waals surface area contributed by atoms with Crippen LogP contribution >= 0.6 is 11.6 Å². The van der Waals surface area contributed by atoms with Crippen molar-refractivity contribution in [1.82, 2.24) is 19.1 Å². The average molecular weight is 458 g/mol. The summed E-state index contributed by atoms with van der Waals surface area (Å²) in [5.41, 5.74) is -1.16. The Kier molecular flexibility index (Phi) is 5.78. The van der Waals surface area contributed by atoms with E-state index in [-0.39, 0.29) is 23.4 Å². The molecule has 162 valence electrons. The fourth-order valence-corrected chi connectivity index (χ4v) is 3.32. The van der Waals surface area contributed by atoms with Crippen molar-refractivity contribution in [3.05, 3.63) is 97.9 Å². The maximum atomic E-state index is 13.4. The topological polar surface area (TPSA) is 98.9 Å². The molecule has 1 amide bonds. The van der Waals surface area contributed by atoms with E-state index in [1.165, 1.54) is 18.5 Å². The van der Waals surface area contributed by atoms with Gasteiger partial charge in [-0.15, -0.1) is 0 Å². The van der Waals surface area contributed by atoms with Gasteiger partial charge >= 0.3 is 5.69 Å². The van der Waals surface area contributed by atoms with Crippen molar-refractivity contribution >= 4 is 34.4 Å². The molecule has 4 rings (SSSR count). The van der Waals surface area contributed by atoms with Gasteiger partial charge < -0.3 is 5.32 Å². The van der Waals surface area contributed by atoms with Crippen LogP contribution in [0.3, 0.4) is 0 Å². The van der Waals surface area contributed by atoms with Crippen LogP contribution in [0.5, 0.6) is 0 Å². The first-order chi connectivity index (χ1) is 15.3. The zero-order valence-corrected chi connectivity index (χ0v) is 17.0. The standard InChI is InChI=1S/C21H14ClF2N5O3/c22-14-4-2-1-3-12(14)10-29-20(31)18-19(26-8-7-25-18)28(21(29)32)11-17(30)27-13-5-6-15(23)16(24)9-13/h1-9H,10-11H2,(H,27,30). The van der Waals surface area contributed by atoms with Gasteiger partial charge in [0.25, 0.3) is 5.56 Å². The summed E-state index contributed by atoms with van der Waals surface area (Å²) in [5.74, 6) is -2.91. The van der Waals surface area contributed by atoms with Crippen LogP contribution in [-0.2, 0) is 17.9 Å². The molecule has 0 fully saturated rings. The Morgan fingerprint density at radius 3 is 2.50 bits per heavy atom. The summed E-state index contributed by atoms with van der Waals surface area (Å²) >= 11 is 6.16. The van der Waals surface area contributed by atoms with Gasteiger partial charge in [-0.2, -0.15) is 0 Å². The first-order valence-corrected chi connectivity index (χ1v) is 9.65. The van der Waals surface area contributed by atoms with Gasteiger partial charge in [0.2, 0.25) is 5.91 Å².